The van der Waals surface area contributed by atoms with Crippen molar-refractivity contribution in [3.05, 3.63) is 0 Å². The topological polar surface area (TPSA) is 134 Å². The van der Waals surface area contributed by atoms with E-state index in [9.17, 15) is 19.0 Å². The highest BCUT2D eigenvalue weighted by atomic mass is 32.1. The van der Waals surface area contributed by atoms with Crippen molar-refractivity contribution in [3.63, 3.8) is 0 Å². The second-order valence-corrected chi connectivity index (χ2v) is 10.0. The molecule has 0 aliphatic carbocycles. The molecule has 212 valence electrons. The number of nitrogens with two attached hydrogens (primary N) is 1. The van der Waals surface area contributed by atoms with Crippen LogP contribution < -0.4 is 5.73 Å². The summed E-state index contributed by atoms with van der Waals surface area (Å²) in [6, 6.07) is -1.08. The lowest BCUT2D eigenvalue weighted by atomic mass is 10.3. The molecule has 0 aromatic heterocycles. The molecule has 0 amide bonds. The molecule has 0 aliphatic heterocycles. The van der Waals surface area contributed by atoms with E-state index in [1.807, 2.05) is 21.1 Å². The lowest BCUT2D eigenvalue weighted by Gasteiger charge is -2.24. The summed E-state index contributed by atoms with van der Waals surface area (Å²) in [6.07, 6.45) is -1.28. The second kappa shape index (κ2) is 21.6. The van der Waals surface area contributed by atoms with E-state index in [4.69, 9.17) is 24.3 Å². The maximum atomic E-state index is 12.1. The van der Waals surface area contributed by atoms with E-state index in [0.29, 0.717) is 11.0 Å². The molecule has 0 aliphatic rings. The number of quaternary nitrogens is 1. The Hall–Kier alpha value is -4.20. The number of carbonyl (C=O) groups is 2. The molecule has 3 unspecified atom stereocenters. The lowest BCUT2D eigenvalue weighted by molar-refractivity contribution is -0.870. The van der Waals surface area contributed by atoms with Gasteiger partial charge in [0.1, 0.15) is 25.8 Å². The first-order valence-corrected chi connectivity index (χ1v) is 13.6. The van der Waals surface area contributed by atoms with E-state index in [2.05, 4.69) is 107 Å². The van der Waals surface area contributed by atoms with Crippen LogP contribution in [0, 0.1) is 94.7 Å². The van der Waals surface area contributed by atoms with Crippen molar-refractivity contribution in [1.82, 2.24) is 0 Å². The first kappa shape index (κ1) is 36.8. The van der Waals surface area contributed by atoms with Gasteiger partial charge in [0.15, 0.2) is 6.10 Å². The summed E-state index contributed by atoms with van der Waals surface area (Å²) in [4.78, 5) is 33.8. The van der Waals surface area contributed by atoms with Gasteiger partial charge in [-0.25, -0.2) is 9.36 Å². The maximum absolute atomic E-state index is 12.1. The van der Waals surface area contributed by atoms with Gasteiger partial charge in [0.05, 0.1) is 27.7 Å². The Balaban J connectivity index is 4.97. The van der Waals surface area contributed by atoms with Crippen LogP contribution in [0.1, 0.15) is 6.92 Å². The number of nitrogens with zero attached hydrogens (tertiary/aromatic N) is 1. The van der Waals surface area contributed by atoms with E-state index in [1.54, 1.807) is 6.92 Å². The molecule has 0 saturated heterocycles. The number of hydrogen-bond donors (Lipinski definition) is 3. The fourth-order valence-corrected chi connectivity index (χ4v) is 2.70. The van der Waals surface area contributed by atoms with Crippen LogP contribution in [0.5, 0.6) is 0 Å². The highest BCUT2D eigenvalue weighted by Crippen LogP contribution is 2.43. The molecule has 0 aromatic carbocycles. The quantitative estimate of drug-likeness (QED) is 0.0688. The SMILES string of the molecule is CC#CC#CC#CC#CC#CC#CC#CC#CC(=O)OCC(COP(=O)(O)OCC[N+](C)(C)C)OC(=O)C(N)CS. The molecule has 0 radical (unpaired) electrons. The van der Waals surface area contributed by atoms with Gasteiger partial charge in [-0.05, 0) is 89.8 Å². The molecular formula is C29H28N2O8PS+. The Bertz CT molecular complexity index is 1490. The zero-order valence-corrected chi connectivity index (χ0v) is 24.7. The summed E-state index contributed by atoms with van der Waals surface area (Å²) in [7, 11) is 1.14. The molecule has 3 atom stereocenters. The van der Waals surface area contributed by atoms with E-state index >= 15 is 0 Å². The fourth-order valence-electron chi connectivity index (χ4n) is 1.81. The van der Waals surface area contributed by atoms with Crippen LogP contribution in [0.15, 0.2) is 0 Å². The number of esters is 2. The minimum absolute atomic E-state index is 0.0231. The molecule has 0 fully saturated rings. The number of ether oxygens (including phenoxy) is 2. The summed E-state index contributed by atoms with van der Waals surface area (Å²) >= 11 is 3.91. The van der Waals surface area contributed by atoms with E-state index in [0.717, 1.165) is 0 Å². The molecule has 10 nitrogen and oxygen atoms in total. The number of phosphoric acid groups is 1. The summed E-state index contributed by atoms with van der Waals surface area (Å²) in [5.74, 6) is 36.7. The van der Waals surface area contributed by atoms with Crippen LogP contribution >= 0.6 is 20.5 Å². The molecule has 0 aromatic rings. The van der Waals surface area contributed by atoms with Gasteiger partial charge in [0.25, 0.3) is 0 Å². The zero-order chi connectivity index (χ0) is 31.0. The van der Waals surface area contributed by atoms with Crippen molar-refractivity contribution in [1.29, 1.82) is 0 Å². The number of hydrogen-bond acceptors (Lipinski definition) is 9. The predicted octanol–water partition coefficient (Wildman–Crippen LogP) is -0.415. The van der Waals surface area contributed by atoms with E-state index < -0.39 is 45.1 Å². The molecule has 0 bridgehead atoms. The Kier molecular flexibility index (Phi) is 19.4. The monoisotopic (exact) mass is 595 g/mol. The van der Waals surface area contributed by atoms with Gasteiger partial charge in [-0.3, -0.25) is 13.8 Å². The van der Waals surface area contributed by atoms with Gasteiger partial charge in [-0.2, -0.15) is 12.6 Å². The average Bonchev–Trinajstić information content (AvgIpc) is 2.90. The van der Waals surface area contributed by atoms with Gasteiger partial charge < -0.3 is 24.6 Å². The van der Waals surface area contributed by atoms with Crippen molar-refractivity contribution in [2.24, 2.45) is 5.73 Å². The number of likely N-dealkylation sites (N-methyl/N-ethyl adjacent to an activating group) is 1. The first-order valence-electron chi connectivity index (χ1n) is 11.5. The first-order chi connectivity index (χ1) is 19.4. The van der Waals surface area contributed by atoms with Crippen LogP contribution in [-0.4, -0.2) is 86.7 Å². The second-order valence-electron chi connectivity index (χ2n) is 8.18. The molecule has 41 heavy (non-hydrogen) atoms. The van der Waals surface area contributed by atoms with Crippen LogP contribution in [-0.2, 0) is 32.7 Å². The summed E-state index contributed by atoms with van der Waals surface area (Å²) in [5, 5.41) is 0. The highest BCUT2D eigenvalue weighted by Gasteiger charge is 2.28. The van der Waals surface area contributed by atoms with Gasteiger partial charge >= 0.3 is 19.8 Å². The van der Waals surface area contributed by atoms with Crippen molar-refractivity contribution < 1.29 is 42.1 Å². The largest absolute Gasteiger partial charge is 0.472 e. The van der Waals surface area contributed by atoms with Crippen LogP contribution in [0.4, 0.5) is 0 Å². The fraction of sp³-hybridized carbons (Fsp3) is 0.379. The maximum Gasteiger partial charge on any atom is 0.472 e. The van der Waals surface area contributed by atoms with Crippen LogP contribution in [0.3, 0.4) is 0 Å². The standard InChI is InChI=1S/C29H27N2O8PS/c1-5-6-7-8-9-10-11-12-13-14-15-16-17-18-19-20-28(32)36-23-26(39-29(33)27(30)25-41)24-38-40(34,35)37-22-21-31(2,3)4/h26-27H,21-25,30H2,1-4H3,(H-,34,35,41)/p+1. The third kappa shape index (κ3) is 23.4. The van der Waals surface area contributed by atoms with Crippen LogP contribution in [0.25, 0.3) is 0 Å². The normalized spacial score (nSPS) is 11.7. The van der Waals surface area contributed by atoms with Gasteiger partial charge in [-0.1, -0.05) is 5.92 Å². The Morgan fingerprint density at radius 1 is 0.854 bits per heavy atom. The van der Waals surface area contributed by atoms with Gasteiger partial charge in [-0.15, -0.1) is 0 Å². The summed E-state index contributed by atoms with van der Waals surface area (Å²) in [6.45, 7) is 0.850. The number of thiol groups is 1. The smallest absolute Gasteiger partial charge is 0.455 e. The zero-order valence-electron chi connectivity index (χ0n) is 22.9. The highest BCUT2D eigenvalue weighted by molar-refractivity contribution is 7.80. The molecule has 0 heterocycles. The third-order valence-corrected chi connectivity index (χ3v) is 5.10. The van der Waals surface area contributed by atoms with E-state index in [-0.39, 0.29) is 12.4 Å². The Morgan fingerprint density at radius 2 is 1.34 bits per heavy atom. The number of phosphoric ester groups is 1. The Labute approximate surface area is 247 Å². The molecular weight excluding hydrogens is 567 g/mol. The van der Waals surface area contributed by atoms with Crippen molar-refractivity contribution in [2.45, 2.75) is 19.1 Å². The minimum atomic E-state index is -4.48. The van der Waals surface area contributed by atoms with Crippen molar-refractivity contribution >= 4 is 32.4 Å². The predicted molar refractivity (Wildman–Crippen MR) is 155 cm³/mol. The molecule has 0 rings (SSSR count). The minimum Gasteiger partial charge on any atom is -0.455 e. The summed E-state index contributed by atoms with van der Waals surface area (Å²) < 4.78 is 32.4. The third-order valence-electron chi connectivity index (χ3n) is 3.72. The van der Waals surface area contributed by atoms with E-state index in [1.165, 1.54) is 0 Å². The Morgan fingerprint density at radius 3 is 1.80 bits per heavy atom. The summed E-state index contributed by atoms with van der Waals surface area (Å²) in [5.41, 5.74) is 5.57. The van der Waals surface area contributed by atoms with Crippen molar-refractivity contribution in [2.75, 3.05) is 53.3 Å². The average molecular weight is 596 g/mol. The molecule has 3 N–H and O–H groups in total. The van der Waals surface area contributed by atoms with Gasteiger partial charge in [0, 0.05) is 11.7 Å². The number of rotatable bonds is 12. The number of carbonyl (C=O) groups excluding carboxylic acids is 2. The molecule has 12 heteroatoms. The molecule has 0 spiro atoms. The lowest BCUT2D eigenvalue weighted by Crippen LogP contribution is -2.39. The molecule has 0 saturated carbocycles. The van der Waals surface area contributed by atoms with Crippen LogP contribution in [0.2, 0.25) is 0 Å². The van der Waals surface area contributed by atoms with Gasteiger partial charge in [0.2, 0.25) is 0 Å². The van der Waals surface area contributed by atoms with Crippen molar-refractivity contribution in [3.8, 4) is 94.7 Å².